The number of nitrogens with zero attached hydrogens (tertiary/aromatic N) is 3. The predicted octanol–water partition coefficient (Wildman–Crippen LogP) is 4.57. The normalized spacial score (nSPS) is 23.5. The van der Waals surface area contributed by atoms with Crippen LogP contribution < -0.4 is 10.2 Å². The van der Waals surface area contributed by atoms with Gasteiger partial charge in [0.1, 0.15) is 5.82 Å². The third-order valence-electron chi connectivity index (χ3n) is 6.54. The summed E-state index contributed by atoms with van der Waals surface area (Å²) < 4.78 is 0. The maximum atomic E-state index is 4.50. The monoisotopic (exact) mass is 378 g/mol. The minimum atomic E-state index is 0.597. The Morgan fingerprint density at radius 3 is 2.39 bits per heavy atom. The number of nitrogens with one attached hydrogen (secondary N) is 1. The molecule has 0 spiro atoms. The quantitative estimate of drug-likeness (QED) is 0.798. The second-order valence-corrected chi connectivity index (χ2v) is 8.48. The summed E-state index contributed by atoms with van der Waals surface area (Å²) in [4.78, 5) is 9.68. The number of rotatable bonds is 6. The molecule has 28 heavy (non-hydrogen) atoms. The van der Waals surface area contributed by atoms with E-state index in [1.165, 1.54) is 63.0 Å². The van der Waals surface area contributed by atoms with Crippen LogP contribution in [0.5, 0.6) is 0 Å². The molecule has 4 heteroatoms. The lowest BCUT2D eigenvalue weighted by Crippen LogP contribution is -2.47. The van der Waals surface area contributed by atoms with Gasteiger partial charge in [0.2, 0.25) is 0 Å². The topological polar surface area (TPSA) is 31.4 Å². The standard InChI is InChI=1S/C24H34N4/c1-20-6-5-14-25-24(20)26-22-11-9-21(10-12-22)13-15-27-16-18-28(19-17-27)23-7-3-2-4-8-23/h2-8,14,21-22H,9-13,15-19H2,1H3,(H,25,26)/t21-,22-. The summed E-state index contributed by atoms with van der Waals surface area (Å²) in [5.74, 6) is 1.97. The molecule has 1 aromatic carbocycles. The molecule has 4 nitrogen and oxygen atoms in total. The number of hydrogen-bond acceptors (Lipinski definition) is 4. The number of aryl methyl sites for hydroxylation is 1. The van der Waals surface area contributed by atoms with Crippen molar-refractivity contribution in [2.45, 2.75) is 45.1 Å². The third-order valence-corrected chi connectivity index (χ3v) is 6.54. The van der Waals surface area contributed by atoms with E-state index < -0.39 is 0 Å². The van der Waals surface area contributed by atoms with Crippen LogP contribution in [0.1, 0.15) is 37.7 Å². The van der Waals surface area contributed by atoms with Gasteiger partial charge in [0.25, 0.3) is 0 Å². The second kappa shape index (κ2) is 9.42. The third kappa shape index (κ3) is 5.05. The summed E-state index contributed by atoms with van der Waals surface area (Å²) in [7, 11) is 0. The number of para-hydroxylation sites is 1. The molecule has 0 unspecified atom stereocenters. The number of anilines is 2. The highest BCUT2D eigenvalue weighted by molar-refractivity contribution is 5.46. The van der Waals surface area contributed by atoms with Crippen LogP contribution >= 0.6 is 0 Å². The Morgan fingerprint density at radius 2 is 1.68 bits per heavy atom. The van der Waals surface area contributed by atoms with Crippen molar-refractivity contribution in [1.82, 2.24) is 9.88 Å². The van der Waals surface area contributed by atoms with Crippen molar-refractivity contribution in [3.8, 4) is 0 Å². The lowest BCUT2D eigenvalue weighted by atomic mass is 9.84. The van der Waals surface area contributed by atoms with Gasteiger partial charge in [-0.15, -0.1) is 0 Å². The van der Waals surface area contributed by atoms with Gasteiger partial charge < -0.3 is 10.2 Å². The summed E-state index contributed by atoms with van der Waals surface area (Å²) in [6.45, 7) is 8.12. The van der Waals surface area contributed by atoms with E-state index in [1.54, 1.807) is 0 Å². The van der Waals surface area contributed by atoms with E-state index in [9.17, 15) is 0 Å². The first-order valence-electron chi connectivity index (χ1n) is 11.0. The zero-order valence-corrected chi connectivity index (χ0v) is 17.2. The lowest BCUT2D eigenvalue weighted by molar-refractivity contribution is 0.218. The minimum Gasteiger partial charge on any atom is -0.369 e. The summed E-state index contributed by atoms with van der Waals surface area (Å²) in [5, 5.41) is 3.67. The molecule has 0 atom stereocenters. The Morgan fingerprint density at radius 1 is 0.929 bits per heavy atom. The molecule has 1 aliphatic heterocycles. The van der Waals surface area contributed by atoms with Crippen molar-refractivity contribution < 1.29 is 0 Å². The molecular weight excluding hydrogens is 344 g/mol. The van der Waals surface area contributed by atoms with Crippen molar-refractivity contribution in [3.63, 3.8) is 0 Å². The van der Waals surface area contributed by atoms with E-state index in [1.807, 2.05) is 12.3 Å². The second-order valence-electron chi connectivity index (χ2n) is 8.48. The molecule has 0 amide bonds. The number of piperazine rings is 1. The molecule has 2 aromatic rings. The van der Waals surface area contributed by atoms with Crippen LogP contribution in [0.3, 0.4) is 0 Å². The summed E-state index contributed by atoms with van der Waals surface area (Å²) in [6, 6.07) is 15.6. The number of hydrogen-bond donors (Lipinski definition) is 1. The van der Waals surface area contributed by atoms with E-state index in [2.05, 4.69) is 63.4 Å². The summed E-state index contributed by atoms with van der Waals surface area (Å²) >= 11 is 0. The largest absolute Gasteiger partial charge is 0.369 e. The first kappa shape index (κ1) is 19.3. The molecule has 2 aliphatic rings. The average Bonchev–Trinajstić information content (AvgIpc) is 2.76. The molecule has 1 aliphatic carbocycles. The van der Waals surface area contributed by atoms with Gasteiger partial charge in [-0.2, -0.15) is 0 Å². The van der Waals surface area contributed by atoms with E-state index in [4.69, 9.17) is 0 Å². The van der Waals surface area contributed by atoms with Crippen LogP contribution in [-0.4, -0.2) is 48.6 Å². The van der Waals surface area contributed by atoms with Crippen molar-refractivity contribution >= 4 is 11.5 Å². The molecule has 4 rings (SSSR count). The van der Waals surface area contributed by atoms with Gasteiger partial charge >= 0.3 is 0 Å². The molecule has 2 heterocycles. The Labute approximate surface area is 170 Å². The Bertz CT molecular complexity index is 716. The number of benzene rings is 1. The lowest BCUT2D eigenvalue weighted by Gasteiger charge is -2.37. The molecule has 150 valence electrons. The fraction of sp³-hybridized carbons (Fsp3) is 0.542. The Balaban J connectivity index is 1.15. The van der Waals surface area contributed by atoms with E-state index >= 15 is 0 Å². The number of aromatic nitrogens is 1. The smallest absolute Gasteiger partial charge is 0.129 e. The van der Waals surface area contributed by atoms with Crippen LogP contribution in [0.4, 0.5) is 11.5 Å². The number of pyridine rings is 1. The molecule has 0 radical (unpaired) electrons. The SMILES string of the molecule is Cc1cccnc1N[C@H]1CC[C@H](CCN2CCN(c3ccccc3)CC2)CC1. The maximum Gasteiger partial charge on any atom is 0.129 e. The van der Waals surface area contributed by atoms with Gasteiger partial charge in [0.05, 0.1) is 0 Å². The summed E-state index contributed by atoms with van der Waals surface area (Å²) in [6.07, 6.45) is 8.52. The van der Waals surface area contributed by atoms with Crippen LogP contribution in [0.25, 0.3) is 0 Å². The zero-order valence-electron chi connectivity index (χ0n) is 17.2. The van der Waals surface area contributed by atoms with Crippen molar-refractivity contribution in [2.75, 3.05) is 42.9 Å². The van der Waals surface area contributed by atoms with Crippen LogP contribution in [-0.2, 0) is 0 Å². The van der Waals surface area contributed by atoms with Gasteiger partial charge in [-0.25, -0.2) is 4.98 Å². The molecule has 1 N–H and O–H groups in total. The van der Waals surface area contributed by atoms with Gasteiger partial charge in [-0.05, 0) is 75.3 Å². The van der Waals surface area contributed by atoms with Gasteiger partial charge in [0.15, 0.2) is 0 Å². The average molecular weight is 379 g/mol. The van der Waals surface area contributed by atoms with E-state index in [0.29, 0.717) is 6.04 Å². The van der Waals surface area contributed by atoms with E-state index in [0.717, 1.165) is 24.8 Å². The predicted molar refractivity (Wildman–Crippen MR) is 118 cm³/mol. The van der Waals surface area contributed by atoms with Gasteiger partial charge in [0, 0.05) is 44.1 Å². The van der Waals surface area contributed by atoms with Crippen LogP contribution in [0, 0.1) is 12.8 Å². The zero-order chi connectivity index (χ0) is 19.2. The minimum absolute atomic E-state index is 0.597. The summed E-state index contributed by atoms with van der Waals surface area (Å²) in [5.41, 5.74) is 2.62. The molecule has 1 saturated heterocycles. The highest BCUT2D eigenvalue weighted by Gasteiger charge is 2.23. The Hall–Kier alpha value is -2.07. The molecule has 0 bridgehead atoms. The highest BCUT2D eigenvalue weighted by atomic mass is 15.3. The molecule has 1 saturated carbocycles. The van der Waals surface area contributed by atoms with Crippen molar-refractivity contribution in [3.05, 3.63) is 54.2 Å². The van der Waals surface area contributed by atoms with Crippen molar-refractivity contribution in [2.24, 2.45) is 5.92 Å². The first-order chi connectivity index (χ1) is 13.8. The molecular formula is C24H34N4. The van der Waals surface area contributed by atoms with Gasteiger partial charge in [-0.3, -0.25) is 4.90 Å². The van der Waals surface area contributed by atoms with Gasteiger partial charge in [-0.1, -0.05) is 24.3 Å². The van der Waals surface area contributed by atoms with Crippen LogP contribution in [0.15, 0.2) is 48.7 Å². The highest BCUT2D eigenvalue weighted by Crippen LogP contribution is 2.29. The first-order valence-corrected chi connectivity index (χ1v) is 11.0. The van der Waals surface area contributed by atoms with Crippen LogP contribution in [0.2, 0.25) is 0 Å². The molecule has 1 aromatic heterocycles. The Kier molecular flexibility index (Phi) is 6.48. The maximum absolute atomic E-state index is 4.50. The van der Waals surface area contributed by atoms with E-state index in [-0.39, 0.29) is 0 Å². The van der Waals surface area contributed by atoms with Crippen molar-refractivity contribution in [1.29, 1.82) is 0 Å². The molecule has 2 fully saturated rings. The fourth-order valence-electron chi connectivity index (χ4n) is 4.66. The fourth-order valence-corrected chi connectivity index (χ4v) is 4.66.